The molecule has 0 amide bonds. The van der Waals surface area contributed by atoms with Crippen LogP contribution in [0.4, 0.5) is 18.9 Å². The molecule has 0 bridgehead atoms. The van der Waals surface area contributed by atoms with Gasteiger partial charge in [0.05, 0.1) is 5.56 Å². The van der Waals surface area contributed by atoms with E-state index >= 15 is 0 Å². The minimum atomic E-state index is -4.33. The average molecular weight is 358 g/mol. The zero-order valence-corrected chi connectivity index (χ0v) is 13.0. The minimum absolute atomic E-state index is 0.202. The highest BCUT2D eigenvalue weighted by molar-refractivity contribution is 9.10. The van der Waals surface area contributed by atoms with E-state index in [9.17, 15) is 13.2 Å². The molecule has 0 radical (unpaired) electrons. The third-order valence-electron chi connectivity index (χ3n) is 3.26. The first-order valence-electron chi connectivity index (χ1n) is 6.53. The second-order valence-electron chi connectivity index (χ2n) is 4.89. The van der Waals surface area contributed by atoms with Gasteiger partial charge in [-0.05, 0) is 45.6 Å². The highest BCUT2D eigenvalue weighted by Gasteiger charge is 2.30. The second-order valence-corrected chi connectivity index (χ2v) is 5.74. The molecule has 1 atom stereocenters. The molecule has 5 heteroatoms. The van der Waals surface area contributed by atoms with E-state index in [4.69, 9.17) is 0 Å². The van der Waals surface area contributed by atoms with Crippen molar-refractivity contribution < 1.29 is 13.2 Å². The molecule has 0 saturated carbocycles. The van der Waals surface area contributed by atoms with E-state index in [1.807, 2.05) is 37.3 Å². The lowest BCUT2D eigenvalue weighted by Crippen LogP contribution is -2.11. The molecule has 2 aromatic rings. The van der Waals surface area contributed by atoms with E-state index in [1.54, 1.807) is 0 Å². The summed E-state index contributed by atoms with van der Waals surface area (Å²) in [6, 6.07) is 13.5. The number of nitrogens with one attached hydrogen (secondary N) is 1. The van der Waals surface area contributed by atoms with Gasteiger partial charge < -0.3 is 5.32 Å². The summed E-state index contributed by atoms with van der Waals surface area (Å²) in [5.41, 5.74) is 0.946. The van der Waals surface area contributed by atoms with Crippen LogP contribution in [0.5, 0.6) is 0 Å². The van der Waals surface area contributed by atoms with Crippen LogP contribution < -0.4 is 5.32 Å². The van der Waals surface area contributed by atoms with Crippen molar-refractivity contribution in [1.29, 1.82) is 0 Å². The third-order valence-corrected chi connectivity index (χ3v) is 3.95. The molecule has 2 aromatic carbocycles. The number of anilines is 1. The largest absolute Gasteiger partial charge is 0.416 e. The van der Waals surface area contributed by atoms with Gasteiger partial charge in [-0.25, -0.2) is 0 Å². The Kier molecular flexibility index (Phi) is 4.93. The second kappa shape index (κ2) is 6.52. The van der Waals surface area contributed by atoms with E-state index in [-0.39, 0.29) is 5.92 Å². The van der Waals surface area contributed by atoms with Crippen LogP contribution >= 0.6 is 15.9 Å². The SMILES string of the molecule is CC(CNc1cc(C(F)(F)F)ccc1Br)c1ccccc1. The van der Waals surface area contributed by atoms with Crippen LogP contribution in [-0.2, 0) is 6.18 Å². The summed E-state index contributed by atoms with van der Waals surface area (Å²) in [5.74, 6) is 0.202. The molecule has 0 aliphatic rings. The summed E-state index contributed by atoms with van der Waals surface area (Å²) in [6.45, 7) is 2.59. The van der Waals surface area contributed by atoms with Crippen molar-refractivity contribution in [3.05, 3.63) is 64.1 Å². The lowest BCUT2D eigenvalue weighted by atomic mass is 10.0. The van der Waals surface area contributed by atoms with Gasteiger partial charge in [0, 0.05) is 16.7 Å². The predicted octanol–water partition coefficient (Wildman–Crippen LogP) is 5.68. The van der Waals surface area contributed by atoms with Crippen molar-refractivity contribution in [2.24, 2.45) is 0 Å². The Morgan fingerprint density at radius 1 is 1.10 bits per heavy atom. The highest BCUT2D eigenvalue weighted by atomic mass is 79.9. The molecule has 1 nitrogen and oxygen atoms in total. The molecule has 0 heterocycles. The fourth-order valence-electron chi connectivity index (χ4n) is 2.00. The van der Waals surface area contributed by atoms with Crippen LogP contribution in [0.15, 0.2) is 53.0 Å². The monoisotopic (exact) mass is 357 g/mol. The lowest BCUT2D eigenvalue weighted by Gasteiger charge is -2.16. The van der Waals surface area contributed by atoms with Crippen molar-refractivity contribution in [3.8, 4) is 0 Å². The first kappa shape index (κ1) is 15.9. The van der Waals surface area contributed by atoms with Crippen LogP contribution in [0.3, 0.4) is 0 Å². The molecule has 0 saturated heterocycles. The number of benzene rings is 2. The van der Waals surface area contributed by atoms with Crippen molar-refractivity contribution in [2.75, 3.05) is 11.9 Å². The highest BCUT2D eigenvalue weighted by Crippen LogP contribution is 2.34. The molecule has 0 spiro atoms. The quantitative estimate of drug-likeness (QED) is 0.741. The Balaban J connectivity index is 2.09. The molecular weight excluding hydrogens is 343 g/mol. The van der Waals surface area contributed by atoms with Gasteiger partial charge >= 0.3 is 6.18 Å². The van der Waals surface area contributed by atoms with E-state index in [1.165, 1.54) is 6.07 Å². The maximum absolute atomic E-state index is 12.7. The molecule has 0 aliphatic heterocycles. The fourth-order valence-corrected chi connectivity index (χ4v) is 2.39. The topological polar surface area (TPSA) is 12.0 Å². The average Bonchev–Trinajstić information content (AvgIpc) is 2.45. The summed E-state index contributed by atoms with van der Waals surface area (Å²) in [7, 11) is 0. The van der Waals surface area contributed by atoms with Crippen molar-refractivity contribution in [3.63, 3.8) is 0 Å². The van der Waals surface area contributed by atoms with Crippen LogP contribution in [0, 0.1) is 0 Å². The Morgan fingerprint density at radius 3 is 2.38 bits per heavy atom. The first-order valence-corrected chi connectivity index (χ1v) is 7.33. The summed E-state index contributed by atoms with van der Waals surface area (Å²) < 4.78 is 38.8. The zero-order valence-electron chi connectivity index (χ0n) is 11.4. The van der Waals surface area contributed by atoms with E-state index in [0.717, 1.165) is 17.7 Å². The van der Waals surface area contributed by atoms with Crippen molar-refractivity contribution in [1.82, 2.24) is 0 Å². The zero-order chi connectivity index (χ0) is 15.5. The first-order chi connectivity index (χ1) is 9.88. The summed E-state index contributed by atoms with van der Waals surface area (Å²) >= 11 is 3.27. The molecule has 112 valence electrons. The van der Waals surface area contributed by atoms with Gasteiger partial charge in [0.25, 0.3) is 0 Å². The third kappa shape index (κ3) is 4.24. The Labute approximate surface area is 130 Å². The predicted molar refractivity (Wildman–Crippen MR) is 82.5 cm³/mol. The normalized spacial score (nSPS) is 13.0. The summed E-state index contributed by atoms with van der Waals surface area (Å²) in [6.07, 6.45) is -4.33. The van der Waals surface area contributed by atoms with Gasteiger partial charge in [-0.15, -0.1) is 0 Å². The number of hydrogen-bond acceptors (Lipinski definition) is 1. The molecule has 1 N–H and O–H groups in total. The van der Waals surface area contributed by atoms with Crippen molar-refractivity contribution >= 4 is 21.6 Å². The Hall–Kier alpha value is -1.49. The molecular formula is C16H15BrF3N. The van der Waals surface area contributed by atoms with E-state index in [0.29, 0.717) is 16.7 Å². The van der Waals surface area contributed by atoms with Gasteiger partial charge in [-0.2, -0.15) is 13.2 Å². The van der Waals surface area contributed by atoms with Gasteiger partial charge in [0.1, 0.15) is 0 Å². The molecule has 21 heavy (non-hydrogen) atoms. The van der Waals surface area contributed by atoms with Crippen LogP contribution in [0.1, 0.15) is 24.0 Å². The van der Waals surface area contributed by atoms with E-state index < -0.39 is 11.7 Å². The smallest absolute Gasteiger partial charge is 0.384 e. The number of halogens is 4. The molecule has 0 aliphatic carbocycles. The van der Waals surface area contributed by atoms with Gasteiger partial charge in [0.2, 0.25) is 0 Å². The van der Waals surface area contributed by atoms with Crippen LogP contribution in [-0.4, -0.2) is 6.54 Å². The number of rotatable bonds is 4. The van der Waals surface area contributed by atoms with Gasteiger partial charge in [0.15, 0.2) is 0 Å². The Bertz CT molecular complexity index is 596. The van der Waals surface area contributed by atoms with Crippen LogP contribution in [0.25, 0.3) is 0 Å². The van der Waals surface area contributed by atoms with Gasteiger partial charge in [-0.3, -0.25) is 0 Å². The standard InChI is InChI=1S/C16H15BrF3N/c1-11(12-5-3-2-4-6-12)10-21-15-9-13(16(18,19)20)7-8-14(15)17/h2-9,11,21H,10H2,1H3. The molecule has 1 unspecified atom stereocenters. The van der Waals surface area contributed by atoms with E-state index in [2.05, 4.69) is 21.2 Å². The minimum Gasteiger partial charge on any atom is -0.384 e. The summed E-state index contributed by atoms with van der Waals surface area (Å²) in [5, 5.41) is 3.08. The fraction of sp³-hybridized carbons (Fsp3) is 0.250. The maximum atomic E-state index is 12.7. The lowest BCUT2D eigenvalue weighted by molar-refractivity contribution is -0.137. The van der Waals surface area contributed by atoms with Crippen LogP contribution in [0.2, 0.25) is 0 Å². The number of alkyl halides is 3. The Morgan fingerprint density at radius 2 is 1.76 bits per heavy atom. The molecule has 2 rings (SSSR count). The van der Waals surface area contributed by atoms with Crippen molar-refractivity contribution in [2.45, 2.75) is 19.0 Å². The maximum Gasteiger partial charge on any atom is 0.416 e. The molecule has 0 aromatic heterocycles. The number of hydrogen-bond donors (Lipinski definition) is 1. The molecule has 0 fully saturated rings. The van der Waals surface area contributed by atoms with Gasteiger partial charge in [-0.1, -0.05) is 37.3 Å². The summed E-state index contributed by atoms with van der Waals surface area (Å²) in [4.78, 5) is 0.